The van der Waals surface area contributed by atoms with E-state index < -0.39 is 0 Å². The van der Waals surface area contributed by atoms with E-state index in [1.165, 1.54) is 0 Å². The van der Waals surface area contributed by atoms with Crippen molar-refractivity contribution in [3.63, 3.8) is 0 Å². The summed E-state index contributed by atoms with van der Waals surface area (Å²) < 4.78 is 5.13. The summed E-state index contributed by atoms with van der Waals surface area (Å²) >= 11 is 0. The molecule has 1 aliphatic rings. The van der Waals surface area contributed by atoms with Crippen LogP contribution in [-0.2, 0) is 22.6 Å². The first-order valence-electron chi connectivity index (χ1n) is 9.14. The van der Waals surface area contributed by atoms with Gasteiger partial charge in [-0.25, -0.2) is 0 Å². The number of ether oxygens (including phenoxy) is 1. The van der Waals surface area contributed by atoms with Crippen LogP contribution in [0.1, 0.15) is 17.5 Å². The van der Waals surface area contributed by atoms with Crippen molar-refractivity contribution in [2.75, 3.05) is 31.6 Å². The van der Waals surface area contributed by atoms with Crippen LogP contribution in [0.5, 0.6) is 5.75 Å². The van der Waals surface area contributed by atoms with E-state index in [1.54, 1.807) is 7.11 Å². The van der Waals surface area contributed by atoms with Gasteiger partial charge in [0.15, 0.2) is 0 Å². The molecule has 1 aliphatic heterocycles. The number of anilines is 1. The Bertz CT molecular complexity index is 772. The van der Waals surface area contributed by atoms with E-state index in [9.17, 15) is 9.59 Å². The number of amides is 2. The van der Waals surface area contributed by atoms with Gasteiger partial charge in [0.25, 0.3) is 0 Å². The lowest BCUT2D eigenvalue weighted by atomic mass is 10.1. The molecule has 2 N–H and O–H groups in total. The van der Waals surface area contributed by atoms with Crippen molar-refractivity contribution in [1.82, 2.24) is 10.6 Å². The number of benzene rings is 2. The lowest BCUT2D eigenvalue weighted by Gasteiger charge is -2.28. The highest BCUT2D eigenvalue weighted by Crippen LogP contribution is 2.16. The normalized spacial score (nSPS) is 13.8. The molecule has 2 aromatic carbocycles. The number of piperazine rings is 1. The highest BCUT2D eigenvalue weighted by Gasteiger charge is 2.16. The zero-order chi connectivity index (χ0) is 19.1. The number of methoxy groups -OCH3 is 1. The number of carbonyl (C=O) groups is 2. The number of hydrogen-bond donors (Lipinski definition) is 2. The summed E-state index contributed by atoms with van der Waals surface area (Å²) in [6.45, 7) is 2.38. The monoisotopic (exact) mass is 367 g/mol. The van der Waals surface area contributed by atoms with Crippen molar-refractivity contribution in [2.45, 2.75) is 19.4 Å². The van der Waals surface area contributed by atoms with Crippen LogP contribution < -0.4 is 20.3 Å². The highest BCUT2D eigenvalue weighted by atomic mass is 16.5. The van der Waals surface area contributed by atoms with Crippen molar-refractivity contribution in [3.05, 3.63) is 59.7 Å². The first kappa shape index (κ1) is 18.8. The first-order valence-corrected chi connectivity index (χ1v) is 9.14. The molecule has 3 rings (SSSR count). The molecule has 6 heteroatoms. The largest absolute Gasteiger partial charge is 0.497 e. The molecule has 2 amide bonds. The van der Waals surface area contributed by atoms with Crippen LogP contribution in [0.25, 0.3) is 0 Å². The van der Waals surface area contributed by atoms with Gasteiger partial charge < -0.3 is 20.3 Å². The van der Waals surface area contributed by atoms with Gasteiger partial charge in [0.1, 0.15) is 5.75 Å². The molecule has 1 heterocycles. The molecule has 0 spiro atoms. The number of hydrogen-bond acceptors (Lipinski definition) is 4. The molecule has 0 atom stereocenters. The predicted molar refractivity (Wildman–Crippen MR) is 105 cm³/mol. The average molecular weight is 367 g/mol. The Morgan fingerprint density at radius 3 is 2.48 bits per heavy atom. The summed E-state index contributed by atoms with van der Waals surface area (Å²) in [7, 11) is 1.64. The molecule has 0 aliphatic carbocycles. The molecule has 1 fully saturated rings. The Labute approximate surface area is 159 Å². The van der Waals surface area contributed by atoms with Crippen LogP contribution in [0.2, 0.25) is 0 Å². The molecule has 0 radical (unpaired) electrons. The van der Waals surface area contributed by atoms with Crippen molar-refractivity contribution in [2.24, 2.45) is 0 Å². The minimum atomic E-state index is 0.0302. The molecule has 0 aromatic heterocycles. The molecule has 2 aromatic rings. The van der Waals surface area contributed by atoms with Gasteiger partial charge in [-0.05, 0) is 41.8 Å². The van der Waals surface area contributed by atoms with E-state index in [-0.39, 0.29) is 11.8 Å². The van der Waals surface area contributed by atoms with Gasteiger partial charge in [-0.15, -0.1) is 0 Å². The highest BCUT2D eigenvalue weighted by molar-refractivity contribution is 5.82. The second kappa shape index (κ2) is 9.07. The van der Waals surface area contributed by atoms with E-state index in [0.717, 1.165) is 29.1 Å². The van der Waals surface area contributed by atoms with Crippen LogP contribution in [0.15, 0.2) is 48.5 Å². The molecule has 1 saturated heterocycles. The fraction of sp³-hybridized carbons (Fsp3) is 0.333. The lowest BCUT2D eigenvalue weighted by molar-refractivity contribution is -0.121. The maximum Gasteiger partial charge on any atom is 0.239 e. The molecule has 142 valence electrons. The molecule has 6 nitrogen and oxygen atoms in total. The topological polar surface area (TPSA) is 70.7 Å². The van der Waals surface area contributed by atoms with E-state index in [4.69, 9.17) is 4.74 Å². The van der Waals surface area contributed by atoms with Crippen LogP contribution >= 0.6 is 0 Å². The Morgan fingerprint density at radius 1 is 1.11 bits per heavy atom. The van der Waals surface area contributed by atoms with Crippen LogP contribution in [0.4, 0.5) is 5.69 Å². The zero-order valence-corrected chi connectivity index (χ0v) is 15.5. The van der Waals surface area contributed by atoms with Gasteiger partial charge in [0, 0.05) is 31.7 Å². The molecular formula is C21H25N3O3. The Balaban J connectivity index is 1.43. The van der Waals surface area contributed by atoms with E-state index >= 15 is 0 Å². The molecule has 0 unspecified atom stereocenters. The molecule has 27 heavy (non-hydrogen) atoms. The summed E-state index contributed by atoms with van der Waals surface area (Å²) in [5.41, 5.74) is 3.18. The predicted octanol–water partition coefficient (Wildman–Crippen LogP) is 1.88. The molecule has 0 bridgehead atoms. The second-order valence-corrected chi connectivity index (χ2v) is 6.56. The third kappa shape index (κ3) is 5.48. The Morgan fingerprint density at radius 2 is 1.81 bits per heavy atom. The summed E-state index contributed by atoms with van der Waals surface area (Å²) in [6.07, 6.45) is 1.15. The van der Waals surface area contributed by atoms with Crippen LogP contribution in [0, 0.1) is 0 Å². The number of nitrogens with zero attached hydrogens (tertiary/aromatic N) is 1. The van der Waals surface area contributed by atoms with Gasteiger partial charge in [-0.2, -0.15) is 0 Å². The third-order valence-corrected chi connectivity index (χ3v) is 4.63. The Hall–Kier alpha value is -3.02. The van der Waals surface area contributed by atoms with Crippen molar-refractivity contribution in [1.29, 1.82) is 0 Å². The number of aryl methyl sites for hydroxylation is 1. The smallest absolute Gasteiger partial charge is 0.239 e. The summed E-state index contributed by atoms with van der Waals surface area (Å²) in [6, 6.07) is 15.7. The first-order chi connectivity index (χ1) is 13.1. The lowest BCUT2D eigenvalue weighted by Crippen LogP contribution is -2.47. The number of nitrogens with one attached hydrogen (secondary N) is 2. The summed E-state index contributed by atoms with van der Waals surface area (Å²) in [5, 5.41) is 5.78. The standard InChI is InChI=1S/C21H25N3O3/c1-27-19-9-4-16(5-10-19)6-11-20(25)23-14-17-2-7-18(8-3-17)24-13-12-22-21(26)15-24/h2-5,7-10H,6,11-15H2,1H3,(H,22,26)(H,23,25). The van der Waals surface area contributed by atoms with Crippen molar-refractivity contribution >= 4 is 17.5 Å². The minimum absolute atomic E-state index is 0.0302. The van der Waals surface area contributed by atoms with Crippen molar-refractivity contribution < 1.29 is 14.3 Å². The van der Waals surface area contributed by atoms with Crippen LogP contribution in [0.3, 0.4) is 0 Å². The average Bonchev–Trinajstić information content (AvgIpc) is 2.71. The third-order valence-electron chi connectivity index (χ3n) is 4.63. The van der Waals surface area contributed by atoms with Crippen LogP contribution in [-0.4, -0.2) is 38.6 Å². The molecular weight excluding hydrogens is 342 g/mol. The maximum absolute atomic E-state index is 12.1. The van der Waals surface area contributed by atoms with Gasteiger partial charge in [0.2, 0.25) is 11.8 Å². The molecule has 0 saturated carbocycles. The summed E-state index contributed by atoms with van der Waals surface area (Å²) in [4.78, 5) is 25.6. The zero-order valence-electron chi connectivity index (χ0n) is 15.5. The van der Waals surface area contributed by atoms with E-state index in [1.807, 2.05) is 48.5 Å². The summed E-state index contributed by atoms with van der Waals surface area (Å²) in [5.74, 6) is 0.897. The maximum atomic E-state index is 12.1. The fourth-order valence-electron chi connectivity index (χ4n) is 3.02. The van der Waals surface area contributed by atoms with Gasteiger partial charge >= 0.3 is 0 Å². The van der Waals surface area contributed by atoms with E-state index in [0.29, 0.717) is 32.5 Å². The SMILES string of the molecule is COc1ccc(CCC(=O)NCc2ccc(N3CCNC(=O)C3)cc2)cc1. The Kier molecular flexibility index (Phi) is 6.30. The minimum Gasteiger partial charge on any atom is -0.497 e. The quantitative estimate of drug-likeness (QED) is 0.784. The van der Waals surface area contributed by atoms with Gasteiger partial charge in [-0.3, -0.25) is 9.59 Å². The number of rotatable bonds is 7. The van der Waals surface area contributed by atoms with Crippen molar-refractivity contribution in [3.8, 4) is 5.75 Å². The number of carbonyl (C=O) groups excluding carboxylic acids is 2. The fourth-order valence-corrected chi connectivity index (χ4v) is 3.02. The van der Waals surface area contributed by atoms with Gasteiger partial charge in [0.05, 0.1) is 13.7 Å². The van der Waals surface area contributed by atoms with Gasteiger partial charge in [-0.1, -0.05) is 24.3 Å². The van der Waals surface area contributed by atoms with E-state index in [2.05, 4.69) is 15.5 Å². The second-order valence-electron chi connectivity index (χ2n) is 6.56.